The number of ether oxygens (including phenoxy) is 1. The molecule has 1 aromatic rings. The molecular formula is C17H23BrO2. The molecule has 20 heavy (non-hydrogen) atoms. The maximum absolute atomic E-state index is 10.9. The van der Waals surface area contributed by atoms with Crippen LogP contribution in [-0.4, -0.2) is 17.8 Å². The molecule has 0 amide bonds. The monoisotopic (exact) mass is 338 g/mol. The van der Waals surface area contributed by atoms with E-state index in [4.69, 9.17) is 4.74 Å². The lowest BCUT2D eigenvalue weighted by Gasteiger charge is -2.37. The zero-order valence-corrected chi connectivity index (χ0v) is 13.7. The highest BCUT2D eigenvalue weighted by Crippen LogP contribution is 2.47. The second-order valence-corrected chi connectivity index (χ2v) is 7.42. The smallest absolute Gasteiger partial charge is 0.133 e. The first-order valence-electron chi connectivity index (χ1n) is 7.64. The normalized spacial score (nSPS) is 30.2. The predicted molar refractivity (Wildman–Crippen MR) is 84.0 cm³/mol. The molecule has 2 fully saturated rings. The number of methoxy groups -OCH3 is 1. The molecule has 1 N–H and O–H groups in total. The van der Waals surface area contributed by atoms with E-state index in [9.17, 15) is 5.11 Å². The van der Waals surface area contributed by atoms with Crippen LogP contribution in [0, 0.1) is 11.8 Å². The number of rotatable bonds is 4. The van der Waals surface area contributed by atoms with Crippen LogP contribution in [0.1, 0.15) is 44.1 Å². The van der Waals surface area contributed by atoms with E-state index in [0.29, 0.717) is 0 Å². The van der Waals surface area contributed by atoms with Crippen LogP contribution in [0.5, 0.6) is 5.75 Å². The van der Waals surface area contributed by atoms with E-state index in [1.54, 1.807) is 7.11 Å². The van der Waals surface area contributed by atoms with Crippen molar-refractivity contribution in [1.82, 2.24) is 0 Å². The molecular weight excluding hydrogens is 316 g/mol. The molecule has 2 unspecified atom stereocenters. The zero-order chi connectivity index (χ0) is 14.2. The third-order valence-electron chi connectivity index (χ3n) is 4.90. The average molecular weight is 339 g/mol. The molecule has 110 valence electrons. The van der Waals surface area contributed by atoms with Gasteiger partial charge in [-0.1, -0.05) is 12.5 Å². The van der Waals surface area contributed by atoms with Gasteiger partial charge >= 0.3 is 0 Å². The van der Waals surface area contributed by atoms with Gasteiger partial charge in [0, 0.05) is 6.42 Å². The lowest BCUT2D eigenvalue weighted by Crippen LogP contribution is -2.38. The first kappa shape index (κ1) is 14.4. The van der Waals surface area contributed by atoms with E-state index in [0.717, 1.165) is 41.3 Å². The Morgan fingerprint density at radius 3 is 2.75 bits per heavy atom. The van der Waals surface area contributed by atoms with Crippen LogP contribution in [-0.2, 0) is 6.42 Å². The maximum atomic E-state index is 10.9. The summed E-state index contributed by atoms with van der Waals surface area (Å²) in [5.74, 6) is 2.51. The highest BCUT2D eigenvalue weighted by Gasteiger charge is 2.40. The molecule has 3 heteroatoms. The molecule has 2 saturated carbocycles. The highest BCUT2D eigenvalue weighted by atomic mass is 79.9. The molecule has 0 spiro atoms. The summed E-state index contributed by atoms with van der Waals surface area (Å²) in [5.41, 5.74) is 0.691. The predicted octanol–water partition coefficient (Wildman–Crippen LogP) is 4.33. The van der Waals surface area contributed by atoms with Gasteiger partial charge in [-0.25, -0.2) is 0 Å². The fourth-order valence-corrected chi connectivity index (χ4v) is 4.30. The maximum Gasteiger partial charge on any atom is 0.133 e. The molecule has 1 aromatic carbocycles. The van der Waals surface area contributed by atoms with Gasteiger partial charge in [0.25, 0.3) is 0 Å². The van der Waals surface area contributed by atoms with Crippen molar-refractivity contribution in [1.29, 1.82) is 0 Å². The second-order valence-electron chi connectivity index (χ2n) is 6.56. The highest BCUT2D eigenvalue weighted by molar-refractivity contribution is 9.10. The number of hydrogen-bond donors (Lipinski definition) is 1. The van der Waals surface area contributed by atoms with Crippen molar-refractivity contribution in [2.45, 2.75) is 50.5 Å². The average Bonchev–Trinajstić information content (AvgIpc) is 3.23. The van der Waals surface area contributed by atoms with E-state index < -0.39 is 5.60 Å². The van der Waals surface area contributed by atoms with E-state index >= 15 is 0 Å². The topological polar surface area (TPSA) is 29.5 Å². The lowest BCUT2D eigenvalue weighted by molar-refractivity contribution is -0.0195. The third kappa shape index (κ3) is 3.20. The summed E-state index contributed by atoms with van der Waals surface area (Å²) in [6.45, 7) is 0. The first-order valence-corrected chi connectivity index (χ1v) is 8.44. The Morgan fingerprint density at radius 2 is 2.10 bits per heavy atom. The Labute approximate surface area is 129 Å². The summed E-state index contributed by atoms with van der Waals surface area (Å²) in [4.78, 5) is 0. The number of aliphatic hydroxyl groups is 1. The van der Waals surface area contributed by atoms with Crippen molar-refractivity contribution in [2.24, 2.45) is 11.8 Å². The number of halogens is 1. The molecule has 3 rings (SSSR count). The molecule has 0 bridgehead atoms. The Morgan fingerprint density at radius 1 is 1.30 bits per heavy atom. The molecule has 2 nitrogen and oxygen atoms in total. The number of hydrogen-bond acceptors (Lipinski definition) is 2. The van der Waals surface area contributed by atoms with Gasteiger partial charge in [0.15, 0.2) is 0 Å². The van der Waals surface area contributed by atoms with Gasteiger partial charge in [-0.2, -0.15) is 0 Å². The quantitative estimate of drug-likeness (QED) is 0.885. The molecule has 0 aliphatic heterocycles. The van der Waals surface area contributed by atoms with Crippen LogP contribution in [0.15, 0.2) is 22.7 Å². The lowest BCUT2D eigenvalue weighted by atomic mass is 9.73. The van der Waals surface area contributed by atoms with Crippen molar-refractivity contribution in [3.05, 3.63) is 28.2 Å². The number of benzene rings is 1. The van der Waals surface area contributed by atoms with E-state index in [1.807, 2.05) is 6.07 Å². The molecule has 0 aromatic heterocycles. The van der Waals surface area contributed by atoms with Crippen molar-refractivity contribution in [3.63, 3.8) is 0 Å². The minimum absolute atomic E-state index is 0.500. The third-order valence-corrected chi connectivity index (χ3v) is 5.52. The van der Waals surface area contributed by atoms with Crippen LogP contribution >= 0.6 is 15.9 Å². The Kier molecular flexibility index (Phi) is 4.09. The molecule has 0 radical (unpaired) electrons. The van der Waals surface area contributed by atoms with Crippen LogP contribution in [0.4, 0.5) is 0 Å². The van der Waals surface area contributed by atoms with Crippen LogP contribution in [0.3, 0.4) is 0 Å². The fourth-order valence-electron chi connectivity index (χ4n) is 3.72. The SMILES string of the molecule is COc1ccc(CC2(O)CCCC(C3CC3)C2)cc1Br. The fraction of sp³-hybridized carbons (Fsp3) is 0.647. The summed E-state index contributed by atoms with van der Waals surface area (Å²) < 4.78 is 6.23. The molecule has 0 saturated heterocycles. The zero-order valence-electron chi connectivity index (χ0n) is 12.1. The van der Waals surface area contributed by atoms with Crippen LogP contribution in [0.2, 0.25) is 0 Å². The van der Waals surface area contributed by atoms with Crippen molar-refractivity contribution < 1.29 is 9.84 Å². The Balaban J connectivity index is 1.70. The van der Waals surface area contributed by atoms with Gasteiger partial charge in [0.05, 0.1) is 17.2 Å². The summed E-state index contributed by atoms with van der Waals surface area (Å²) >= 11 is 3.53. The van der Waals surface area contributed by atoms with Crippen molar-refractivity contribution in [3.8, 4) is 5.75 Å². The van der Waals surface area contributed by atoms with Crippen molar-refractivity contribution >= 4 is 15.9 Å². The van der Waals surface area contributed by atoms with Crippen molar-refractivity contribution in [2.75, 3.05) is 7.11 Å². The van der Waals surface area contributed by atoms with Gasteiger partial charge in [0.2, 0.25) is 0 Å². The Hall–Kier alpha value is -0.540. The summed E-state index contributed by atoms with van der Waals surface area (Å²) in [6.07, 6.45) is 7.96. The summed E-state index contributed by atoms with van der Waals surface area (Å²) in [7, 11) is 1.68. The molecule has 0 heterocycles. The minimum Gasteiger partial charge on any atom is -0.496 e. The van der Waals surface area contributed by atoms with Gasteiger partial charge in [-0.3, -0.25) is 0 Å². The van der Waals surface area contributed by atoms with E-state index in [-0.39, 0.29) is 0 Å². The van der Waals surface area contributed by atoms with Crippen LogP contribution < -0.4 is 4.74 Å². The standard InChI is InChI=1S/C17H23BrO2/c1-20-16-7-4-12(9-15(16)18)10-17(19)8-2-3-14(11-17)13-5-6-13/h4,7,9,13-14,19H,2-3,5-6,8,10-11H2,1H3. The molecule has 2 aliphatic rings. The molecule has 2 atom stereocenters. The summed E-state index contributed by atoms with van der Waals surface area (Å²) in [6, 6.07) is 6.13. The van der Waals surface area contributed by atoms with E-state index in [2.05, 4.69) is 28.1 Å². The van der Waals surface area contributed by atoms with E-state index in [1.165, 1.54) is 31.2 Å². The van der Waals surface area contributed by atoms with Gasteiger partial charge in [-0.05, 0) is 77.6 Å². The Bertz CT molecular complexity index is 484. The minimum atomic E-state index is -0.500. The van der Waals surface area contributed by atoms with Gasteiger partial charge in [-0.15, -0.1) is 0 Å². The van der Waals surface area contributed by atoms with Crippen LogP contribution in [0.25, 0.3) is 0 Å². The van der Waals surface area contributed by atoms with Gasteiger partial charge in [0.1, 0.15) is 5.75 Å². The summed E-state index contributed by atoms with van der Waals surface area (Å²) in [5, 5.41) is 10.9. The first-order chi connectivity index (χ1) is 9.59. The van der Waals surface area contributed by atoms with Gasteiger partial charge < -0.3 is 9.84 Å². The second kappa shape index (κ2) is 5.69. The molecule has 2 aliphatic carbocycles. The largest absolute Gasteiger partial charge is 0.496 e.